The Bertz CT molecular complexity index is 541. The summed E-state index contributed by atoms with van der Waals surface area (Å²) in [6.07, 6.45) is 4.42. The quantitative estimate of drug-likeness (QED) is 0.833. The first-order valence-corrected chi connectivity index (χ1v) is 6.04. The van der Waals surface area contributed by atoms with Gasteiger partial charge in [-0.1, -0.05) is 12.8 Å². The lowest BCUT2D eigenvalue weighted by Crippen LogP contribution is -2.34. The monoisotopic (exact) mass is 231 g/mol. The Balaban J connectivity index is 2.07. The van der Waals surface area contributed by atoms with Gasteiger partial charge in [0.05, 0.1) is 23.7 Å². The smallest absolute Gasteiger partial charge is 0.127 e. The number of aromatic nitrogens is 2. The number of hydrogen-bond donors (Lipinski definition) is 2. The number of hydrogen-bond acceptors (Lipinski definition) is 3. The molecule has 1 aliphatic carbocycles. The number of imidazole rings is 1. The molecule has 2 aromatic rings. The third-order valence-corrected chi connectivity index (χ3v) is 3.66. The highest BCUT2D eigenvalue weighted by molar-refractivity contribution is 5.77. The summed E-state index contributed by atoms with van der Waals surface area (Å²) in [7, 11) is 1.67. The minimum Gasteiger partial charge on any atom is -0.497 e. The second-order valence-electron chi connectivity index (χ2n) is 4.83. The van der Waals surface area contributed by atoms with Crippen LogP contribution in [0.25, 0.3) is 11.0 Å². The minimum atomic E-state index is -0.258. The van der Waals surface area contributed by atoms with E-state index in [1.54, 1.807) is 7.11 Å². The molecule has 0 radical (unpaired) electrons. The number of methoxy groups -OCH3 is 1. The topological polar surface area (TPSA) is 63.9 Å². The van der Waals surface area contributed by atoms with Gasteiger partial charge in [-0.3, -0.25) is 0 Å². The van der Waals surface area contributed by atoms with Crippen molar-refractivity contribution < 1.29 is 4.74 Å². The molecule has 0 amide bonds. The van der Waals surface area contributed by atoms with E-state index in [0.29, 0.717) is 0 Å². The second-order valence-corrected chi connectivity index (χ2v) is 4.83. The molecule has 0 saturated heterocycles. The van der Waals surface area contributed by atoms with Crippen LogP contribution in [-0.2, 0) is 5.54 Å². The molecule has 17 heavy (non-hydrogen) atoms. The lowest BCUT2D eigenvalue weighted by atomic mass is 9.99. The first-order chi connectivity index (χ1) is 8.21. The normalized spacial score (nSPS) is 18.7. The highest BCUT2D eigenvalue weighted by Crippen LogP contribution is 2.35. The zero-order valence-corrected chi connectivity index (χ0v) is 9.99. The molecule has 0 unspecified atom stereocenters. The fourth-order valence-electron chi connectivity index (χ4n) is 2.59. The highest BCUT2D eigenvalue weighted by atomic mass is 16.5. The van der Waals surface area contributed by atoms with Gasteiger partial charge in [0.25, 0.3) is 0 Å². The van der Waals surface area contributed by atoms with Crippen molar-refractivity contribution in [3.8, 4) is 5.75 Å². The molecule has 0 bridgehead atoms. The van der Waals surface area contributed by atoms with Crippen molar-refractivity contribution in [2.24, 2.45) is 5.73 Å². The molecule has 1 heterocycles. The Morgan fingerprint density at radius 3 is 2.82 bits per heavy atom. The Morgan fingerprint density at radius 1 is 1.35 bits per heavy atom. The van der Waals surface area contributed by atoms with Crippen LogP contribution < -0.4 is 10.5 Å². The van der Waals surface area contributed by atoms with Crippen LogP contribution >= 0.6 is 0 Å². The Morgan fingerprint density at radius 2 is 2.12 bits per heavy atom. The summed E-state index contributed by atoms with van der Waals surface area (Å²) in [6.45, 7) is 0. The molecule has 0 spiro atoms. The molecule has 1 saturated carbocycles. The van der Waals surface area contributed by atoms with E-state index in [9.17, 15) is 0 Å². The largest absolute Gasteiger partial charge is 0.497 e. The number of benzene rings is 1. The average Bonchev–Trinajstić information content (AvgIpc) is 2.94. The highest BCUT2D eigenvalue weighted by Gasteiger charge is 2.34. The van der Waals surface area contributed by atoms with Crippen LogP contribution in [0, 0.1) is 0 Å². The molecular formula is C13H17N3O. The molecule has 90 valence electrons. The molecule has 1 aromatic carbocycles. The lowest BCUT2D eigenvalue weighted by molar-refractivity contribution is 0.415. The van der Waals surface area contributed by atoms with E-state index in [1.807, 2.05) is 18.2 Å². The summed E-state index contributed by atoms with van der Waals surface area (Å²) in [5.74, 6) is 1.75. The van der Waals surface area contributed by atoms with E-state index in [4.69, 9.17) is 10.5 Å². The molecule has 1 aliphatic rings. The van der Waals surface area contributed by atoms with Crippen LogP contribution in [0.4, 0.5) is 0 Å². The average molecular weight is 231 g/mol. The molecule has 1 aromatic heterocycles. The zero-order chi connectivity index (χ0) is 11.9. The van der Waals surface area contributed by atoms with Gasteiger partial charge < -0.3 is 15.5 Å². The SMILES string of the molecule is COc1ccc2nc(C3(N)CCCC3)[nH]c2c1. The van der Waals surface area contributed by atoms with Crippen molar-refractivity contribution in [1.29, 1.82) is 0 Å². The molecule has 4 heteroatoms. The number of nitrogens with zero attached hydrogens (tertiary/aromatic N) is 1. The summed E-state index contributed by atoms with van der Waals surface area (Å²) >= 11 is 0. The summed E-state index contributed by atoms with van der Waals surface area (Å²) in [6, 6.07) is 5.85. The van der Waals surface area contributed by atoms with Crippen LogP contribution in [0.1, 0.15) is 31.5 Å². The van der Waals surface area contributed by atoms with Crippen LogP contribution in [-0.4, -0.2) is 17.1 Å². The van der Waals surface area contributed by atoms with Gasteiger partial charge in [0.2, 0.25) is 0 Å². The number of nitrogens with one attached hydrogen (secondary N) is 1. The van der Waals surface area contributed by atoms with E-state index in [0.717, 1.165) is 35.4 Å². The maximum Gasteiger partial charge on any atom is 0.127 e. The maximum absolute atomic E-state index is 6.39. The predicted octanol–water partition coefficient (Wildman–Crippen LogP) is 2.30. The lowest BCUT2D eigenvalue weighted by Gasteiger charge is -2.19. The number of aromatic amines is 1. The van der Waals surface area contributed by atoms with E-state index < -0.39 is 0 Å². The molecule has 4 nitrogen and oxygen atoms in total. The number of rotatable bonds is 2. The third-order valence-electron chi connectivity index (χ3n) is 3.66. The van der Waals surface area contributed by atoms with Crippen molar-refractivity contribution in [2.75, 3.05) is 7.11 Å². The van der Waals surface area contributed by atoms with Crippen molar-refractivity contribution in [2.45, 2.75) is 31.2 Å². The van der Waals surface area contributed by atoms with Gasteiger partial charge in [0.15, 0.2) is 0 Å². The van der Waals surface area contributed by atoms with Gasteiger partial charge >= 0.3 is 0 Å². The fraction of sp³-hybridized carbons (Fsp3) is 0.462. The van der Waals surface area contributed by atoms with Crippen molar-refractivity contribution >= 4 is 11.0 Å². The van der Waals surface area contributed by atoms with Crippen LogP contribution in [0.2, 0.25) is 0 Å². The summed E-state index contributed by atoms with van der Waals surface area (Å²) in [5, 5.41) is 0. The minimum absolute atomic E-state index is 0.258. The first-order valence-electron chi connectivity index (χ1n) is 6.04. The standard InChI is InChI=1S/C13H17N3O/c1-17-9-4-5-10-11(8-9)16-12(15-10)13(14)6-2-3-7-13/h4-5,8H,2-3,6-7,14H2,1H3,(H,15,16). The second kappa shape index (κ2) is 3.74. The first kappa shape index (κ1) is 10.6. The van der Waals surface area contributed by atoms with Gasteiger partial charge in [-0.2, -0.15) is 0 Å². The van der Waals surface area contributed by atoms with E-state index >= 15 is 0 Å². The molecule has 0 aliphatic heterocycles. The van der Waals surface area contributed by atoms with Gasteiger partial charge in [-0.15, -0.1) is 0 Å². The summed E-state index contributed by atoms with van der Waals surface area (Å²) in [4.78, 5) is 7.94. The Labute approximate surface area is 100 Å². The van der Waals surface area contributed by atoms with Crippen LogP contribution in [0.3, 0.4) is 0 Å². The molecule has 1 fully saturated rings. The van der Waals surface area contributed by atoms with E-state index in [2.05, 4.69) is 9.97 Å². The molecule has 3 rings (SSSR count). The predicted molar refractivity (Wildman–Crippen MR) is 67.0 cm³/mol. The third kappa shape index (κ3) is 1.69. The molecule has 3 N–H and O–H groups in total. The zero-order valence-electron chi connectivity index (χ0n) is 9.99. The number of ether oxygens (including phenoxy) is 1. The Hall–Kier alpha value is -1.55. The maximum atomic E-state index is 6.39. The number of nitrogens with two attached hydrogens (primary N) is 1. The fourth-order valence-corrected chi connectivity index (χ4v) is 2.59. The van der Waals surface area contributed by atoms with E-state index in [1.165, 1.54) is 12.8 Å². The summed E-state index contributed by atoms with van der Waals surface area (Å²) < 4.78 is 5.20. The van der Waals surface area contributed by atoms with Crippen LogP contribution in [0.15, 0.2) is 18.2 Å². The molecular weight excluding hydrogens is 214 g/mol. The van der Waals surface area contributed by atoms with Gasteiger partial charge in [0, 0.05) is 6.07 Å². The van der Waals surface area contributed by atoms with Gasteiger partial charge in [0.1, 0.15) is 11.6 Å². The van der Waals surface area contributed by atoms with Gasteiger partial charge in [-0.25, -0.2) is 4.98 Å². The van der Waals surface area contributed by atoms with Crippen molar-refractivity contribution in [3.63, 3.8) is 0 Å². The Kier molecular flexibility index (Phi) is 2.33. The van der Waals surface area contributed by atoms with E-state index in [-0.39, 0.29) is 5.54 Å². The van der Waals surface area contributed by atoms with Gasteiger partial charge in [-0.05, 0) is 25.0 Å². The summed E-state index contributed by atoms with van der Waals surface area (Å²) in [5.41, 5.74) is 8.08. The van der Waals surface area contributed by atoms with Crippen LogP contribution in [0.5, 0.6) is 5.75 Å². The number of fused-ring (bicyclic) bond motifs is 1. The number of H-pyrrole nitrogens is 1. The van der Waals surface area contributed by atoms with Crippen molar-refractivity contribution in [3.05, 3.63) is 24.0 Å². The van der Waals surface area contributed by atoms with Crippen molar-refractivity contribution in [1.82, 2.24) is 9.97 Å². The molecule has 0 atom stereocenters.